The minimum atomic E-state index is -0.574. The van der Waals surface area contributed by atoms with Crippen molar-refractivity contribution in [2.24, 2.45) is 5.11 Å². The lowest BCUT2D eigenvalue weighted by molar-refractivity contribution is -0.160. The van der Waals surface area contributed by atoms with Crippen LogP contribution < -0.4 is 0 Å². The monoisotopic (exact) mass is 335 g/mol. The Bertz CT molecular complexity index is 646. The number of rotatable bonds is 7. The van der Waals surface area contributed by atoms with Gasteiger partial charge >= 0.3 is 11.9 Å². The van der Waals surface area contributed by atoms with E-state index in [1.165, 1.54) is 7.11 Å². The van der Waals surface area contributed by atoms with Gasteiger partial charge in [0.15, 0.2) is 0 Å². The van der Waals surface area contributed by atoms with Gasteiger partial charge in [-0.15, -0.1) is 0 Å². The maximum atomic E-state index is 11.6. The predicted molar refractivity (Wildman–Crippen MR) is 86.5 cm³/mol. The van der Waals surface area contributed by atoms with Gasteiger partial charge in [-0.2, -0.15) is 0 Å². The number of benzene rings is 1. The van der Waals surface area contributed by atoms with Gasteiger partial charge < -0.3 is 14.2 Å². The fourth-order valence-corrected chi connectivity index (χ4v) is 1.90. The van der Waals surface area contributed by atoms with Crippen LogP contribution in [0.25, 0.3) is 10.4 Å². The van der Waals surface area contributed by atoms with Crippen molar-refractivity contribution >= 4 is 17.6 Å². The smallest absolute Gasteiger partial charge is 0.332 e. The molecule has 130 valence electrons. The number of esters is 2. The average molecular weight is 335 g/mol. The van der Waals surface area contributed by atoms with E-state index in [1.807, 2.05) is 0 Å². The van der Waals surface area contributed by atoms with Crippen molar-refractivity contribution in [3.05, 3.63) is 39.8 Å². The summed E-state index contributed by atoms with van der Waals surface area (Å²) in [6.45, 7) is 5.23. The van der Waals surface area contributed by atoms with Crippen LogP contribution >= 0.6 is 0 Å². The van der Waals surface area contributed by atoms with Crippen molar-refractivity contribution in [3.63, 3.8) is 0 Å². The Hall–Kier alpha value is -2.57. The Morgan fingerprint density at radius 1 is 1.17 bits per heavy atom. The molecule has 0 atom stereocenters. The summed E-state index contributed by atoms with van der Waals surface area (Å²) in [5.74, 6) is -0.878. The molecular weight excluding hydrogens is 314 g/mol. The van der Waals surface area contributed by atoms with Gasteiger partial charge in [0.2, 0.25) is 0 Å². The highest BCUT2D eigenvalue weighted by molar-refractivity contribution is 5.73. The number of carbonyl (C=O) groups excluding carboxylic acids is 2. The lowest BCUT2D eigenvalue weighted by atomic mass is 10.1. The Labute approximate surface area is 140 Å². The summed E-state index contributed by atoms with van der Waals surface area (Å²) in [5.41, 5.74) is 9.64. The quantitative estimate of drug-likeness (QED) is 0.329. The van der Waals surface area contributed by atoms with E-state index in [0.717, 1.165) is 0 Å². The van der Waals surface area contributed by atoms with Crippen molar-refractivity contribution < 1.29 is 23.8 Å². The Kier molecular flexibility index (Phi) is 7.23. The van der Waals surface area contributed by atoms with Crippen LogP contribution in [0.4, 0.5) is 5.69 Å². The second kappa shape index (κ2) is 8.90. The molecule has 0 heterocycles. The van der Waals surface area contributed by atoms with Crippen LogP contribution in [0.5, 0.6) is 0 Å². The van der Waals surface area contributed by atoms with E-state index in [1.54, 1.807) is 39.0 Å². The number of ether oxygens (including phenoxy) is 3. The van der Waals surface area contributed by atoms with E-state index in [0.29, 0.717) is 16.8 Å². The molecule has 1 aromatic carbocycles. The number of hydrogen-bond acceptors (Lipinski definition) is 6. The van der Waals surface area contributed by atoms with Crippen LogP contribution in [0.3, 0.4) is 0 Å². The molecule has 1 rings (SSSR count). The van der Waals surface area contributed by atoms with Gasteiger partial charge in [0.1, 0.15) is 12.2 Å². The molecule has 0 radical (unpaired) electrons. The Morgan fingerprint density at radius 2 is 1.83 bits per heavy atom. The molecule has 0 amide bonds. The maximum absolute atomic E-state index is 11.6. The molecule has 24 heavy (non-hydrogen) atoms. The highest BCUT2D eigenvalue weighted by Gasteiger charge is 2.16. The van der Waals surface area contributed by atoms with Gasteiger partial charge in [0.05, 0.1) is 20.1 Å². The van der Waals surface area contributed by atoms with E-state index in [4.69, 9.17) is 15.0 Å². The molecule has 0 N–H and O–H groups in total. The summed E-state index contributed by atoms with van der Waals surface area (Å²) in [4.78, 5) is 25.7. The number of azide groups is 1. The molecule has 0 unspecified atom stereocenters. The van der Waals surface area contributed by atoms with Crippen LogP contribution in [-0.2, 0) is 36.8 Å². The standard InChI is InChI=1S/C16H21N3O5/c1-16(2,3)24-15(21)10-23-9-12-5-11(8-14(20)22-4)6-13(7-12)18-19-17/h5-7H,8-10H2,1-4H3. The fourth-order valence-electron chi connectivity index (χ4n) is 1.90. The van der Waals surface area contributed by atoms with E-state index in [-0.39, 0.29) is 19.6 Å². The van der Waals surface area contributed by atoms with Gasteiger partial charge in [0.25, 0.3) is 0 Å². The van der Waals surface area contributed by atoms with Crippen LogP contribution in [0.2, 0.25) is 0 Å². The molecule has 8 nitrogen and oxygen atoms in total. The van der Waals surface area contributed by atoms with Crippen LogP contribution in [0.15, 0.2) is 23.3 Å². The summed E-state index contributed by atoms with van der Waals surface area (Å²) in [6.07, 6.45) is 0.0460. The van der Waals surface area contributed by atoms with Gasteiger partial charge in [0, 0.05) is 10.6 Å². The molecule has 1 aromatic rings. The van der Waals surface area contributed by atoms with Crippen molar-refractivity contribution in [2.75, 3.05) is 13.7 Å². The first-order valence-corrected chi connectivity index (χ1v) is 7.28. The second-order valence-corrected chi connectivity index (χ2v) is 6.03. The lowest BCUT2D eigenvalue weighted by Gasteiger charge is -2.19. The first-order valence-electron chi connectivity index (χ1n) is 7.28. The highest BCUT2D eigenvalue weighted by atomic mass is 16.6. The highest BCUT2D eigenvalue weighted by Crippen LogP contribution is 2.20. The molecule has 0 aliphatic heterocycles. The van der Waals surface area contributed by atoms with E-state index in [2.05, 4.69) is 14.8 Å². The maximum Gasteiger partial charge on any atom is 0.332 e. The molecule has 0 aliphatic rings. The number of nitrogens with zero attached hydrogens (tertiary/aromatic N) is 3. The molecule has 0 fully saturated rings. The zero-order valence-electron chi connectivity index (χ0n) is 14.2. The number of carbonyl (C=O) groups is 2. The van der Waals surface area contributed by atoms with Crippen molar-refractivity contribution in [2.45, 2.75) is 39.4 Å². The summed E-state index contributed by atoms with van der Waals surface area (Å²) in [6, 6.07) is 4.94. The van der Waals surface area contributed by atoms with Gasteiger partial charge in [-0.05, 0) is 49.6 Å². The third kappa shape index (κ3) is 7.62. The molecule has 0 aromatic heterocycles. The van der Waals surface area contributed by atoms with Gasteiger partial charge in [-0.25, -0.2) is 4.79 Å². The fraction of sp³-hybridized carbons (Fsp3) is 0.500. The first kappa shape index (κ1) is 19.5. The summed E-state index contributed by atoms with van der Waals surface area (Å²) >= 11 is 0. The molecule has 0 aliphatic carbocycles. The predicted octanol–water partition coefficient (Wildman–Crippen LogP) is 3.20. The normalized spacial score (nSPS) is 10.7. The zero-order valence-corrected chi connectivity index (χ0v) is 14.2. The SMILES string of the molecule is COC(=O)Cc1cc(COCC(=O)OC(C)(C)C)cc(N=[N+]=[N-])c1. The zero-order chi connectivity index (χ0) is 18.2. The summed E-state index contributed by atoms with van der Waals surface area (Å²) in [5, 5.41) is 3.53. The third-order valence-corrected chi connectivity index (χ3v) is 2.68. The van der Waals surface area contributed by atoms with Crippen molar-refractivity contribution in [1.29, 1.82) is 0 Å². The minimum absolute atomic E-state index is 0.0460. The Balaban J connectivity index is 2.74. The molecule has 0 saturated carbocycles. The van der Waals surface area contributed by atoms with Gasteiger partial charge in [-0.3, -0.25) is 4.79 Å². The van der Waals surface area contributed by atoms with Crippen molar-refractivity contribution in [1.82, 2.24) is 0 Å². The summed E-state index contributed by atoms with van der Waals surface area (Å²) in [7, 11) is 1.30. The largest absolute Gasteiger partial charge is 0.469 e. The van der Waals surface area contributed by atoms with Crippen LogP contribution in [0.1, 0.15) is 31.9 Å². The van der Waals surface area contributed by atoms with E-state index >= 15 is 0 Å². The molecular formula is C16H21N3O5. The topological polar surface area (TPSA) is 111 Å². The van der Waals surface area contributed by atoms with Crippen LogP contribution in [0, 0.1) is 0 Å². The molecule has 0 saturated heterocycles. The van der Waals surface area contributed by atoms with Crippen molar-refractivity contribution in [3.8, 4) is 0 Å². The van der Waals surface area contributed by atoms with E-state index in [9.17, 15) is 9.59 Å². The summed E-state index contributed by atoms with van der Waals surface area (Å²) < 4.78 is 15.1. The first-order chi connectivity index (χ1) is 11.2. The molecule has 0 bridgehead atoms. The van der Waals surface area contributed by atoms with E-state index < -0.39 is 17.5 Å². The second-order valence-electron chi connectivity index (χ2n) is 6.03. The number of methoxy groups -OCH3 is 1. The Morgan fingerprint density at radius 3 is 2.42 bits per heavy atom. The lowest BCUT2D eigenvalue weighted by Crippen LogP contribution is -2.26. The third-order valence-electron chi connectivity index (χ3n) is 2.68. The minimum Gasteiger partial charge on any atom is -0.469 e. The van der Waals surface area contributed by atoms with Gasteiger partial charge in [-0.1, -0.05) is 11.2 Å². The van der Waals surface area contributed by atoms with Crippen LogP contribution in [-0.4, -0.2) is 31.3 Å². The molecule has 0 spiro atoms. The molecule has 8 heteroatoms. The average Bonchev–Trinajstić information content (AvgIpc) is 2.45. The number of hydrogen-bond donors (Lipinski definition) is 0.